The molecule has 1 aliphatic rings. The maximum atomic E-state index is 11.5. The van der Waals surface area contributed by atoms with Crippen LogP contribution in [0.25, 0.3) is 11.3 Å². The Kier molecular flexibility index (Phi) is 4.28. The zero-order chi connectivity index (χ0) is 18.2. The van der Waals surface area contributed by atoms with Crippen molar-refractivity contribution in [2.45, 2.75) is 44.6 Å². The van der Waals surface area contributed by atoms with Crippen LogP contribution in [-0.4, -0.2) is 24.9 Å². The summed E-state index contributed by atoms with van der Waals surface area (Å²) in [5.74, 6) is 0.506. The second-order valence-electron chi connectivity index (χ2n) is 6.71. The maximum absolute atomic E-state index is 11.5. The molecule has 8 nitrogen and oxygen atoms in total. The van der Waals surface area contributed by atoms with Crippen molar-refractivity contribution in [2.75, 3.05) is 0 Å². The minimum absolute atomic E-state index is 0.0530. The molecule has 1 aromatic heterocycles. The van der Waals surface area contributed by atoms with Gasteiger partial charge in [0.25, 0.3) is 0 Å². The van der Waals surface area contributed by atoms with Crippen LogP contribution in [0.5, 0.6) is 0 Å². The van der Waals surface area contributed by atoms with E-state index in [1.165, 1.54) is 4.57 Å². The summed E-state index contributed by atoms with van der Waals surface area (Å²) in [6.07, 6.45) is 3.37. The van der Waals surface area contributed by atoms with Crippen LogP contribution in [0.2, 0.25) is 0 Å². The third kappa shape index (κ3) is 2.99. The largest absolute Gasteiger partial charge is 0.358 e. The number of rotatable bonds is 5. The molecule has 8 heteroatoms. The molecule has 1 fully saturated rings. The van der Waals surface area contributed by atoms with Gasteiger partial charge in [-0.1, -0.05) is 24.3 Å². The van der Waals surface area contributed by atoms with Gasteiger partial charge in [-0.15, -0.1) is 0 Å². The van der Waals surface area contributed by atoms with Crippen LogP contribution in [-0.2, 0) is 13.5 Å². The highest BCUT2D eigenvalue weighted by atomic mass is 16.6. The van der Waals surface area contributed by atoms with E-state index in [1.807, 2.05) is 12.1 Å². The molecular formula is C17H20N4O4. The van der Waals surface area contributed by atoms with Crippen LogP contribution in [0.15, 0.2) is 24.3 Å². The Bertz CT molecular complexity index is 820. The molecule has 1 saturated carbocycles. The molecule has 0 unspecified atom stereocenters. The zero-order valence-electron chi connectivity index (χ0n) is 14.3. The third-order valence-electron chi connectivity index (χ3n) is 5.14. The first-order chi connectivity index (χ1) is 11.8. The van der Waals surface area contributed by atoms with Gasteiger partial charge in [0.05, 0.1) is 7.05 Å². The van der Waals surface area contributed by atoms with Crippen molar-refractivity contribution < 1.29 is 9.85 Å². The predicted molar refractivity (Wildman–Crippen MR) is 91.9 cm³/mol. The normalized spacial score (nSPS) is 16.1. The Morgan fingerprint density at radius 2 is 1.76 bits per heavy atom. The summed E-state index contributed by atoms with van der Waals surface area (Å²) in [4.78, 5) is 26.5. The first-order valence-electron chi connectivity index (χ1n) is 8.25. The Balaban J connectivity index is 1.90. The lowest BCUT2D eigenvalue weighted by atomic mass is 9.89. The number of aryl methyl sites for hydroxylation is 1. The van der Waals surface area contributed by atoms with Crippen molar-refractivity contribution in [3.8, 4) is 11.3 Å². The standard InChI is InChI=1S/C17H20N4O4/c1-12-18-15(16(19(12)2)20(22)23)14-7-5-13(6-8-14)11-17(21(24)25)9-3-4-10-17/h5-8H,3-4,9-11H2,1-2H3. The number of aromatic nitrogens is 2. The van der Waals surface area contributed by atoms with Crippen molar-refractivity contribution in [2.24, 2.45) is 7.05 Å². The lowest BCUT2D eigenvalue weighted by Gasteiger charge is -2.19. The second kappa shape index (κ2) is 6.27. The summed E-state index contributed by atoms with van der Waals surface area (Å²) >= 11 is 0. The summed E-state index contributed by atoms with van der Waals surface area (Å²) in [5.41, 5.74) is 0.967. The van der Waals surface area contributed by atoms with Gasteiger partial charge in [0.2, 0.25) is 5.54 Å². The van der Waals surface area contributed by atoms with Gasteiger partial charge in [0, 0.05) is 36.7 Å². The van der Waals surface area contributed by atoms with Gasteiger partial charge in [-0.2, -0.15) is 0 Å². The van der Waals surface area contributed by atoms with Crippen LogP contribution in [0, 0.1) is 27.2 Å². The fraction of sp³-hybridized carbons (Fsp3) is 0.471. The second-order valence-corrected chi connectivity index (χ2v) is 6.71. The van der Waals surface area contributed by atoms with Gasteiger partial charge >= 0.3 is 5.82 Å². The average Bonchev–Trinajstić information content (AvgIpc) is 3.15. The van der Waals surface area contributed by atoms with E-state index in [4.69, 9.17) is 0 Å². The Morgan fingerprint density at radius 1 is 1.16 bits per heavy atom. The van der Waals surface area contributed by atoms with E-state index < -0.39 is 10.5 Å². The number of benzene rings is 1. The molecule has 0 spiro atoms. The molecule has 2 aromatic rings. The number of nitro groups is 2. The van der Waals surface area contributed by atoms with Gasteiger partial charge in [-0.05, 0) is 23.3 Å². The molecule has 0 bridgehead atoms. The van der Waals surface area contributed by atoms with Crippen LogP contribution in [0.4, 0.5) is 5.82 Å². The molecule has 0 saturated heterocycles. The van der Waals surface area contributed by atoms with Crippen molar-refractivity contribution in [1.82, 2.24) is 9.55 Å². The maximum Gasteiger partial charge on any atom is 0.350 e. The average molecular weight is 344 g/mol. The van der Waals surface area contributed by atoms with Gasteiger partial charge in [-0.3, -0.25) is 10.1 Å². The first kappa shape index (κ1) is 17.1. The molecule has 0 amide bonds. The van der Waals surface area contributed by atoms with Gasteiger partial charge < -0.3 is 10.1 Å². The first-order valence-corrected chi connectivity index (χ1v) is 8.25. The fourth-order valence-corrected chi connectivity index (χ4v) is 3.62. The van der Waals surface area contributed by atoms with Crippen molar-refractivity contribution in [3.63, 3.8) is 0 Å². The lowest BCUT2D eigenvalue weighted by Crippen LogP contribution is -2.37. The molecule has 1 aromatic carbocycles. The Hall–Kier alpha value is -2.77. The van der Waals surface area contributed by atoms with E-state index >= 15 is 0 Å². The number of nitrogens with zero attached hydrogens (tertiary/aromatic N) is 4. The highest BCUT2D eigenvalue weighted by molar-refractivity contribution is 5.68. The number of hydrogen-bond acceptors (Lipinski definition) is 5. The topological polar surface area (TPSA) is 104 Å². The minimum atomic E-state index is -0.866. The number of imidazole rings is 1. The number of hydrogen-bond donors (Lipinski definition) is 0. The summed E-state index contributed by atoms with van der Waals surface area (Å²) in [7, 11) is 1.61. The van der Waals surface area contributed by atoms with E-state index in [0.717, 1.165) is 18.4 Å². The third-order valence-corrected chi connectivity index (χ3v) is 5.14. The molecule has 0 atom stereocenters. The SMILES string of the molecule is Cc1nc(-c2ccc(CC3([N+](=O)[O-])CCCC3)cc2)c([N+](=O)[O-])n1C. The quantitative estimate of drug-likeness (QED) is 0.610. The van der Waals surface area contributed by atoms with Crippen LogP contribution in [0.1, 0.15) is 37.1 Å². The molecule has 0 aliphatic heterocycles. The van der Waals surface area contributed by atoms with Crippen molar-refractivity contribution >= 4 is 5.82 Å². The van der Waals surface area contributed by atoms with Gasteiger partial charge in [0.1, 0.15) is 0 Å². The molecular weight excluding hydrogens is 324 g/mol. The van der Waals surface area contributed by atoms with E-state index in [1.54, 1.807) is 26.1 Å². The Labute approximate surface area is 144 Å². The fourth-order valence-electron chi connectivity index (χ4n) is 3.62. The summed E-state index contributed by atoms with van der Waals surface area (Å²) in [6, 6.07) is 7.14. The summed E-state index contributed by atoms with van der Waals surface area (Å²) in [5, 5.41) is 22.8. The van der Waals surface area contributed by atoms with Crippen LogP contribution in [0.3, 0.4) is 0 Å². The van der Waals surface area contributed by atoms with Gasteiger partial charge in [0.15, 0.2) is 11.5 Å². The lowest BCUT2D eigenvalue weighted by molar-refractivity contribution is -0.568. The van der Waals surface area contributed by atoms with E-state index in [0.29, 0.717) is 36.3 Å². The highest BCUT2D eigenvalue weighted by Gasteiger charge is 2.45. The molecule has 0 radical (unpaired) electrons. The predicted octanol–water partition coefficient (Wildman–Crippen LogP) is 3.44. The minimum Gasteiger partial charge on any atom is -0.358 e. The van der Waals surface area contributed by atoms with E-state index in [2.05, 4.69) is 4.98 Å². The highest BCUT2D eigenvalue weighted by Crippen LogP contribution is 2.36. The molecule has 1 heterocycles. The van der Waals surface area contributed by atoms with Crippen LogP contribution < -0.4 is 0 Å². The van der Waals surface area contributed by atoms with Crippen molar-refractivity contribution in [3.05, 3.63) is 55.9 Å². The molecule has 0 N–H and O–H groups in total. The van der Waals surface area contributed by atoms with E-state index in [-0.39, 0.29) is 10.7 Å². The smallest absolute Gasteiger partial charge is 0.350 e. The summed E-state index contributed by atoms with van der Waals surface area (Å²) < 4.78 is 1.45. The zero-order valence-corrected chi connectivity index (χ0v) is 14.3. The van der Waals surface area contributed by atoms with Crippen LogP contribution >= 0.6 is 0 Å². The Morgan fingerprint density at radius 3 is 2.28 bits per heavy atom. The molecule has 25 heavy (non-hydrogen) atoms. The molecule has 1 aliphatic carbocycles. The monoisotopic (exact) mass is 344 g/mol. The molecule has 132 valence electrons. The van der Waals surface area contributed by atoms with Crippen molar-refractivity contribution in [1.29, 1.82) is 0 Å². The summed E-state index contributed by atoms with van der Waals surface area (Å²) in [6.45, 7) is 1.71. The molecule has 3 rings (SSSR count). The van der Waals surface area contributed by atoms with Gasteiger partial charge in [-0.25, -0.2) is 9.55 Å². The van der Waals surface area contributed by atoms with E-state index in [9.17, 15) is 20.2 Å².